The number of hydrogen-bond acceptors (Lipinski definition) is 4. The zero-order valence-corrected chi connectivity index (χ0v) is 17.5. The van der Waals surface area contributed by atoms with E-state index in [1.165, 1.54) is 0 Å². The van der Waals surface area contributed by atoms with Crippen LogP contribution in [-0.4, -0.2) is 28.0 Å². The molecule has 5 rings (SSSR count). The summed E-state index contributed by atoms with van der Waals surface area (Å²) in [6.07, 6.45) is 2.84. The molecular weight excluding hydrogens is 402 g/mol. The van der Waals surface area contributed by atoms with Gasteiger partial charge in [-0.2, -0.15) is 0 Å². The first-order valence-corrected chi connectivity index (χ1v) is 10.8. The predicted octanol–water partition coefficient (Wildman–Crippen LogP) is 4.31. The molecule has 1 N–H and O–H groups in total. The van der Waals surface area contributed by atoms with Crippen LogP contribution in [0.2, 0.25) is 0 Å². The summed E-state index contributed by atoms with van der Waals surface area (Å²) in [4.78, 5) is 29.5. The Balaban J connectivity index is 1.22. The summed E-state index contributed by atoms with van der Waals surface area (Å²) in [6.45, 7) is 1.33. The molecule has 1 amide bonds. The van der Waals surface area contributed by atoms with Crippen LogP contribution in [0, 0.1) is 0 Å². The quantitative estimate of drug-likeness (QED) is 0.369. The Morgan fingerprint density at radius 1 is 1.06 bits per heavy atom. The molecule has 0 bridgehead atoms. The first-order chi connectivity index (χ1) is 15.7. The van der Waals surface area contributed by atoms with Crippen molar-refractivity contribution in [3.8, 4) is 0 Å². The van der Waals surface area contributed by atoms with E-state index in [2.05, 4.69) is 14.9 Å². The van der Waals surface area contributed by atoms with Gasteiger partial charge in [-0.1, -0.05) is 42.5 Å². The molecule has 1 aliphatic heterocycles. The molecule has 0 aliphatic carbocycles. The number of carbonyl (C=O) groups excluding carboxylic acids is 2. The summed E-state index contributed by atoms with van der Waals surface area (Å²) in [5.74, 6) is -0.488. The summed E-state index contributed by atoms with van der Waals surface area (Å²) in [7, 11) is 0. The third-order valence-corrected chi connectivity index (χ3v) is 5.80. The number of esters is 1. The minimum Gasteiger partial charge on any atom is -0.454 e. The minimum absolute atomic E-state index is 0.140. The lowest BCUT2D eigenvalue weighted by Gasteiger charge is -2.25. The number of imidazole rings is 1. The van der Waals surface area contributed by atoms with Crippen LogP contribution in [0.4, 0.5) is 0 Å². The van der Waals surface area contributed by atoms with Gasteiger partial charge in [-0.3, -0.25) is 4.79 Å². The topological polar surface area (TPSA) is 73.2 Å². The molecule has 1 atom stereocenters. The predicted molar refractivity (Wildman–Crippen MR) is 121 cm³/mol. The van der Waals surface area contributed by atoms with Crippen molar-refractivity contribution < 1.29 is 14.3 Å². The van der Waals surface area contributed by atoms with Crippen LogP contribution >= 0.6 is 0 Å². The summed E-state index contributed by atoms with van der Waals surface area (Å²) < 4.78 is 7.69. The van der Waals surface area contributed by atoms with Gasteiger partial charge in [0.15, 0.2) is 0 Å². The fourth-order valence-electron chi connectivity index (χ4n) is 4.13. The van der Waals surface area contributed by atoms with E-state index in [0.29, 0.717) is 24.1 Å². The van der Waals surface area contributed by atoms with E-state index >= 15 is 0 Å². The first kappa shape index (κ1) is 20.0. The molecule has 0 fully saturated rings. The number of hydrogen-bond donors (Lipinski definition) is 1. The van der Waals surface area contributed by atoms with Crippen LogP contribution in [0.5, 0.6) is 0 Å². The molecule has 32 heavy (non-hydrogen) atoms. The third kappa shape index (κ3) is 3.99. The zero-order chi connectivity index (χ0) is 21.9. The second-order valence-electron chi connectivity index (χ2n) is 7.92. The van der Waals surface area contributed by atoms with Gasteiger partial charge in [-0.05, 0) is 47.9 Å². The first-order valence-electron chi connectivity index (χ1n) is 10.8. The van der Waals surface area contributed by atoms with Crippen LogP contribution in [-0.2, 0) is 17.7 Å². The maximum Gasteiger partial charge on any atom is 0.339 e. The van der Waals surface area contributed by atoms with Gasteiger partial charge >= 0.3 is 5.97 Å². The number of cyclic esters (lactones) is 1. The van der Waals surface area contributed by atoms with Gasteiger partial charge in [0.05, 0.1) is 22.9 Å². The number of nitrogens with zero attached hydrogens (tertiary/aromatic N) is 2. The molecule has 6 nitrogen and oxygen atoms in total. The fourth-order valence-corrected chi connectivity index (χ4v) is 4.13. The average molecular weight is 425 g/mol. The van der Waals surface area contributed by atoms with Crippen LogP contribution in [0.1, 0.15) is 44.4 Å². The van der Waals surface area contributed by atoms with E-state index in [1.807, 2.05) is 67.0 Å². The van der Waals surface area contributed by atoms with Gasteiger partial charge in [-0.15, -0.1) is 0 Å². The monoisotopic (exact) mass is 425 g/mol. The molecule has 0 radical (unpaired) electrons. The maximum absolute atomic E-state index is 12.7. The van der Waals surface area contributed by atoms with E-state index < -0.39 is 0 Å². The Bertz CT molecular complexity index is 1280. The number of aromatic nitrogens is 2. The normalized spacial score (nSPS) is 15.2. The Hall–Kier alpha value is -3.93. The van der Waals surface area contributed by atoms with E-state index in [9.17, 15) is 9.59 Å². The van der Waals surface area contributed by atoms with E-state index in [1.54, 1.807) is 12.1 Å². The van der Waals surface area contributed by atoms with Crippen LogP contribution in [0.3, 0.4) is 0 Å². The molecule has 2 heterocycles. The zero-order valence-electron chi connectivity index (χ0n) is 17.5. The van der Waals surface area contributed by atoms with Crippen molar-refractivity contribution in [1.29, 1.82) is 0 Å². The average Bonchev–Trinajstić information content (AvgIpc) is 3.25. The number of rotatable bonds is 6. The molecule has 160 valence electrons. The van der Waals surface area contributed by atoms with Gasteiger partial charge < -0.3 is 14.6 Å². The number of aryl methyl sites for hydroxylation is 1. The van der Waals surface area contributed by atoms with E-state index in [4.69, 9.17) is 4.74 Å². The highest BCUT2D eigenvalue weighted by Crippen LogP contribution is 2.31. The van der Waals surface area contributed by atoms with Crippen molar-refractivity contribution in [3.05, 3.63) is 101 Å². The molecule has 1 aliphatic rings. The lowest BCUT2D eigenvalue weighted by molar-refractivity contribution is 0.0252. The number of fused-ring (bicyclic) bond motifs is 2. The van der Waals surface area contributed by atoms with Crippen molar-refractivity contribution in [1.82, 2.24) is 14.9 Å². The second-order valence-corrected chi connectivity index (χ2v) is 7.92. The van der Waals surface area contributed by atoms with Crippen LogP contribution < -0.4 is 5.32 Å². The lowest BCUT2D eigenvalue weighted by Crippen LogP contribution is -2.27. The number of ether oxygens (including phenoxy) is 1. The van der Waals surface area contributed by atoms with Gasteiger partial charge in [0.1, 0.15) is 6.10 Å². The van der Waals surface area contributed by atoms with Gasteiger partial charge in [0.25, 0.3) is 5.91 Å². The van der Waals surface area contributed by atoms with Crippen molar-refractivity contribution in [3.63, 3.8) is 0 Å². The molecule has 0 unspecified atom stereocenters. The number of amides is 1. The number of para-hydroxylation sites is 2. The fraction of sp³-hybridized carbons (Fsp3) is 0.192. The molecule has 0 saturated carbocycles. The third-order valence-electron chi connectivity index (χ3n) is 5.80. The van der Waals surface area contributed by atoms with E-state index in [0.717, 1.165) is 35.1 Å². The van der Waals surface area contributed by atoms with Crippen molar-refractivity contribution in [2.75, 3.05) is 6.54 Å². The molecule has 0 saturated heterocycles. The summed E-state index contributed by atoms with van der Waals surface area (Å²) in [6, 6.07) is 22.9. The Kier molecular flexibility index (Phi) is 5.42. The Morgan fingerprint density at radius 2 is 1.88 bits per heavy atom. The molecule has 0 spiro atoms. The van der Waals surface area contributed by atoms with Gasteiger partial charge in [-0.25, -0.2) is 9.78 Å². The Labute approximate surface area is 185 Å². The highest BCUT2D eigenvalue weighted by atomic mass is 16.5. The van der Waals surface area contributed by atoms with Crippen molar-refractivity contribution in [2.24, 2.45) is 0 Å². The second kappa shape index (κ2) is 8.67. The summed E-state index contributed by atoms with van der Waals surface area (Å²) in [5.41, 5.74) is 4.94. The van der Waals surface area contributed by atoms with Crippen LogP contribution in [0.25, 0.3) is 11.0 Å². The van der Waals surface area contributed by atoms with Gasteiger partial charge in [0, 0.05) is 25.1 Å². The number of nitrogens with one attached hydrogen (secondary N) is 1. The minimum atomic E-state index is -0.348. The van der Waals surface area contributed by atoms with Crippen molar-refractivity contribution >= 4 is 22.9 Å². The molecule has 3 aromatic carbocycles. The van der Waals surface area contributed by atoms with E-state index in [-0.39, 0.29) is 18.0 Å². The highest BCUT2D eigenvalue weighted by molar-refractivity contribution is 5.97. The largest absolute Gasteiger partial charge is 0.454 e. The maximum atomic E-state index is 12.7. The molecule has 4 aromatic rings. The molecule has 6 heteroatoms. The number of carbonyl (C=O) groups is 2. The van der Waals surface area contributed by atoms with Crippen molar-refractivity contribution in [2.45, 2.75) is 25.5 Å². The molecular formula is C26H23N3O3. The molecule has 1 aromatic heterocycles. The standard InChI is InChI=1S/C26H23N3O3/c30-25(27-13-6-14-29-17-28-22-9-4-5-10-23(22)29)19-11-12-21-20(15-19)16-24(32-26(21)31)18-7-2-1-3-8-18/h1-5,7-12,15,17,24H,6,13-14,16H2,(H,27,30)/t24-/m1/s1. The lowest BCUT2D eigenvalue weighted by atomic mass is 9.93. The Morgan fingerprint density at radius 3 is 2.75 bits per heavy atom. The SMILES string of the molecule is O=C(NCCCn1cnc2ccccc21)c1ccc2c(c1)C[C@H](c1ccccc1)OC2=O. The summed E-state index contributed by atoms with van der Waals surface area (Å²) >= 11 is 0. The summed E-state index contributed by atoms with van der Waals surface area (Å²) in [5, 5.41) is 2.98. The smallest absolute Gasteiger partial charge is 0.339 e. The number of benzene rings is 3. The highest BCUT2D eigenvalue weighted by Gasteiger charge is 2.28. The van der Waals surface area contributed by atoms with Gasteiger partial charge in [0.2, 0.25) is 0 Å². The van der Waals surface area contributed by atoms with Crippen LogP contribution in [0.15, 0.2) is 79.1 Å².